The Morgan fingerprint density at radius 3 is 2.34 bits per heavy atom. The van der Waals surface area contributed by atoms with Gasteiger partial charge in [0.05, 0.1) is 12.2 Å². The van der Waals surface area contributed by atoms with Crippen LogP contribution in [0.25, 0.3) is 0 Å². The molecular formula is C27H48O2. The zero-order chi connectivity index (χ0) is 21.0. The fourth-order valence-electron chi connectivity index (χ4n) is 9.32. The number of rotatable bonds is 5. The minimum atomic E-state index is -0.305. The summed E-state index contributed by atoms with van der Waals surface area (Å²) in [4.78, 5) is 0. The van der Waals surface area contributed by atoms with Gasteiger partial charge in [-0.2, -0.15) is 0 Å². The van der Waals surface area contributed by atoms with Crippen molar-refractivity contribution in [3.63, 3.8) is 0 Å². The molecule has 4 aliphatic rings. The van der Waals surface area contributed by atoms with Gasteiger partial charge in [-0.05, 0) is 104 Å². The van der Waals surface area contributed by atoms with E-state index in [9.17, 15) is 10.2 Å². The summed E-state index contributed by atoms with van der Waals surface area (Å²) in [5.41, 5.74) is 0.575. The van der Waals surface area contributed by atoms with Crippen LogP contribution in [0.4, 0.5) is 0 Å². The molecule has 0 aromatic heterocycles. The fourth-order valence-corrected chi connectivity index (χ4v) is 9.32. The van der Waals surface area contributed by atoms with Gasteiger partial charge in [-0.25, -0.2) is 0 Å². The van der Waals surface area contributed by atoms with Crippen molar-refractivity contribution in [2.24, 2.45) is 52.3 Å². The first-order valence-corrected chi connectivity index (χ1v) is 13.0. The highest BCUT2D eigenvalue weighted by atomic mass is 16.3. The molecule has 0 aliphatic heterocycles. The molecule has 4 rings (SSSR count). The monoisotopic (exact) mass is 404 g/mol. The van der Waals surface area contributed by atoms with Gasteiger partial charge in [0.2, 0.25) is 0 Å². The molecule has 0 saturated heterocycles. The maximum absolute atomic E-state index is 11.1. The quantitative estimate of drug-likeness (QED) is 0.553. The highest BCUT2D eigenvalue weighted by Crippen LogP contribution is 2.68. The van der Waals surface area contributed by atoms with E-state index in [0.29, 0.717) is 23.7 Å². The van der Waals surface area contributed by atoms with E-state index in [1.807, 2.05) is 0 Å². The lowest BCUT2D eigenvalue weighted by molar-refractivity contribution is -0.182. The molecule has 29 heavy (non-hydrogen) atoms. The largest absolute Gasteiger partial charge is 0.393 e. The van der Waals surface area contributed by atoms with Gasteiger partial charge in [-0.1, -0.05) is 53.9 Å². The molecule has 0 radical (unpaired) electrons. The summed E-state index contributed by atoms with van der Waals surface area (Å²) in [7, 11) is 0. The first kappa shape index (κ1) is 22.1. The zero-order valence-electron chi connectivity index (χ0n) is 19.9. The van der Waals surface area contributed by atoms with Gasteiger partial charge in [-0.15, -0.1) is 0 Å². The Balaban J connectivity index is 1.49. The zero-order valence-corrected chi connectivity index (χ0v) is 19.9. The van der Waals surface area contributed by atoms with E-state index in [4.69, 9.17) is 0 Å². The second-order valence-corrected chi connectivity index (χ2v) is 12.7. The summed E-state index contributed by atoms with van der Waals surface area (Å²) < 4.78 is 0. The summed E-state index contributed by atoms with van der Waals surface area (Å²) in [5, 5.41) is 21.4. The predicted octanol–water partition coefficient (Wildman–Crippen LogP) is 6.44. The Bertz CT molecular complexity index is 573. The van der Waals surface area contributed by atoms with Gasteiger partial charge in [-0.3, -0.25) is 0 Å². The Morgan fingerprint density at radius 2 is 1.62 bits per heavy atom. The van der Waals surface area contributed by atoms with Gasteiger partial charge >= 0.3 is 0 Å². The van der Waals surface area contributed by atoms with E-state index in [-0.39, 0.29) is 17.6 Å². The molecule has 0 aromatic rings. The molecule has 10 atom stereocenters. The number of aliphatic hydroxyl groups is 2. The van der Waals surface area contributed by atoms with Gasteiger partial charge in [0.15, 0.2) is 0 Å². The molecule has 0 heterocycles. The van der Waals surface area contributed by atoms with Crippen LogP contribution in [0.5, 0.6) is 0 Å². The SMILES string of the molecule is CC(C)CCC[C@@H](C)[C@H]1CC[C@H]2[C@@H]3CC[C@@H]4C[C@H](O)C[C@H](O)[C@]4(C)[C@H]3CC[C@]12C. The normalized spacial score (nSPS) is 50.7. The van der Waals surface area contributed by atoms with Crippen molar-refractivity contribution in [1.82, 2.24) is 0 Å². The Hall–Kier alpha value is -0.0800. The number of hydrogen-bond donors (Lipinski definition) is 2. The van der Waals surface area contributed by atoms with Crippen LogP contribution in [0.1, 0.15) is 105 Å². The standard InChI is InChI=1S/C27H48O2/c1-17(2)7-6-8-18(3)22-11-12-23-21-10-9-19-15-20(28)16-25(29)27(19,5)24(21)13-14-26(22,23)4/h17-25,28-29H,6-16H2,1-5H3/t18-,19-,20+,21+,22-,23+,24+,25+,26-,27+/m1/s1. The molecule has 0 unspecified atom stereocenters. The molecule has 0 amide bonds. The van der Waals surface area contributed by atoms with Crippen molar-refractivity contribution >= 4 is 0 Å². The summed E-state index contributed by atoms with van der Waals surface area (Å²) in [6, 6.07) is 0. The van der Waals surface area contributed by atoms with Crippen molar-refractivity contribution in [1.29, 1.82) is 0 Å². The maximum Gasteiger partial charge on any atom is 0.0623 e. The van der Waals surface area contributed by atoms with Crippen molar-refractivity contribution < 1.29 is 10.2 Å². The van der Waals surface area contributed by atoms with E-state index in [1.54, 1.807) is 0 Å². The van der Waals surface area contributed by atoms with Crippen LogP contribution in [-0.4, -0.2) is 22.4 Å². The van der Waals surface area contributed by atoms with Gasteiger partial charge < -0.3 is 10.2 Å². The smallest absolute Gasteiger partial charge is 0.0623 e. The average Bonchev–Trinajstić information content (AvgIpc) is 3.00. The van der Waals surface area contributed by atoms with Crippen LogP contribution in [-0.2, 0) is 0 Å². The van der Waals surface area contributed by atoms with Crippen molar-refractivity contribution in [3.05, 3.63) is 0 Å². The molecule has 0 aromatic carbocycles. The summed E-state index contributed by atoms with van der Waals surface area (Å²) in [6.45, 7) is 12.3. The third-order valence-corrected chi connectivity index (χ3v) is 10.9. The summed E-state index contributed by atoms with van der Waals surface area (Å²) >= 11 is 0. The van der Waals surface area contributed by atoms with E-state index < -0.39 is 0 Å². The fraction of sp³-hybridized carbons (Fsp3) is 1.00. The van der Waals surface area contributed by atoms with Crippen LogP contribution >= 0.6 is 0 Å². The van der Waals surface area contributed by atoms with Crippen LogP contribution in [0.15, 0.2) is 0 Å². The van der Waals surface area contributed by atoms with Crippen LogP contribution in [0.3, 0.4) is 0 Å². The summed E-state index contributed by atoms with van der Waals surface area (Å²) in [6.07, 6.45) is 13.3. The second kappa shape index (κ2) is 8.12. The second-order valence-electron chi connectivity index (χ2n) is 12.7. The highest BCUT2D eigenvalue weighted by molar-refractivity contribution is 5.11. The predicted molar refractivity (Wildman–Crippen MR) is 120 cm³/mol. The van der Waals surface area contributed by atoms with E-state index in [2.05, 4.69) is 34.6 Å². The molecule has 2 N–H and O–H groups in total. The third kappa shape index (κ3) is 3.63. The van der Waals surface area contributed by atoms with E-state index in [1.165, 1.54) is 57.8 Å². The molecule has 0 spiro atoms. The van der Waals surface area contributed by atoms with E-state index in [0.717, 1.165) is 36.0 Å². The lowest BCUT2D eigenvalue weighted by Gasteiger charge is -2.62. The number of hydrogen-bond acceptors (Lipinski definition) is 2. The van der Waals surface area contributed by atoms with Gasteiger partial charge in [0, 0.05) is 0 Å². The highest BCUT2D eigenvalue weighted by Gasteiger charge is 2.62. The lowest BCUT2D eigenvalue weighted by Crippen LogP contribution is -2.59. The van der Waals surface area contributed by atoms with Crippen molar-refractivity contribution in [3.8, 4) is 0 Å². The number of fused-ring (bicyclic) bond motifs is 5. The Morgan fingerprint density at radius 1 is 0.862 bits per heavy atom. The topological polar surface area (TPSA) is 40.5 Å². The van der Waals surface area contributed by atoms with Crippen molar-refractivity contribution in [2.45, 2.75) is 117 Å². The molecule has 2 nitrogen and oxygen atoms in total. The van der Waals surface area contributed by atoms with Gasteiger partial charge in [0.25, 0.3) is 0 Å². The minimum absolute atomic E-state index is 0.0461. The number of aliphatic hydroxyl groups excluding tert-OH is 2. The molecule has 0 bridgehead atoms. The first-order valence-electron chi connectivity index (χ1n) is 13.0. The Kier molecular flexibility index (Phi) is 6.19. The first-order chi connectivity index (χ1) is 13.7. The molecule has 168 valence electrons. The molecular weight excluding hydrogens is 356 g/mol. The Labute approximate surface area is 180 Å². The van der Waals surface area contributed by atoms with Crippen LogP contribution in [0, 0.1) is 52.3 Å². The van der Waals surface area contributed by atoms with E-state index >= 15 is 0 Å². The van der Waals surface area contributed by atoms with Crippen LogP contribution in [0.2, 0.25) is 0 Å². The van der Waals surface area contributed by atoms with Crippen LogP contribution < -0.4 is 0 Å². The molecule has 4 aliphatic carbocycles. The van der Waals surface area contributed by atoms with Gasteiger partial charge in [0.1, 0.15) is 0 Å². The summed E-state index contributed by atoms with van der Waals surface area (Å²) in [5.74, 6) is 5.49. The minimum Gasteiger partial charge on any atom is -0.393 e. The third-order valence-electron chi connectivity index (χ3n) is 10.9. The molecule has 4 fully saturated rings. The molecule has 4 saturated carbocycles. The maximum atomic E-state index is 11.1. The lowest BCUT2D eigenvalue weighted by atomic mass is 9.43. The van der Waals surface area contributed by atoms with Crippen molar-refractivity contribution in [2.75, 3.05) is 0 Å². The average molecular weight is 405 g/mol. The molecule has 2 heteroatoms.